The minimum atomic E-state index is 0.0514. The SMILES string of the molecule is Cc1c(C)c(C)c2c(c1C)c1c3c(cc[n+]1C)cc(C(C)(C)C)c1c4ccccc4n2c13. The first-order valence-electron chi connectivity index (χ1n) is 11.6. The lowest BCUT2D eigenvalue weighted by Gasteiger charge is -2.23. The first-order chi connectivity index (χ1) is 15.1. The zero-order chi connectivity index (χ0) is 22.7. The number of hydrogen-bond donors (Lipinski definition) is 0. The second-order valence-electron chi connectivity index (χ2n) is 10.7. The van der Waals surface area contributed by atoms with E-state index in [1.54, 1.807) is 0 Å². The Kier molecular flexibility index (Phi) is 3.67. The number of benzene rings is 3. The molecule has 2 nitrogen and oxygen atoms in total. The Morgan fingerprint density at radius 1 is 0.750 bits per heavy atom. The number of para-hydroxylation sites is 1. The lowest BCUT2D eigenvalue weighted by Crippen LogP contribution is -2.29. The average molecular weight is 420 g/mol. The Balaban J connectivity index is 2.16. The molecular weight excluding hydrogens is 388 g/mol. The minimum Gasteiger partial charge on any atom is -0.307 e. The van der Waals surface area contributed by atoms with Crippen LogP contribution in [0.2, 0.25) is 0 Å². The molecule has 160 valence electrons. The molecule has 0 spiro atoms. The minimum absolute atomic E-state index is 0.0514. The van der Waals surface area contributed by atoms with Crippen molar-refractivity contribution >= 4 is 49.0 Å². The van der Waals surface area contributed by atoms with E-state index in [-0.39, 0.29) is 5.41 Å². The van der Waals surface area contributed by atoms with E-state index in [2.05, 4.69) is 107 Å². The molecule has 0 amide bonds. The van der Waals surface area contributed by atoms with Gasteiger partial charge in [0, 0.05) is 16.8 Å². The number of aryl methyl sites for hydroxylation is 3. The molecule has 0 N–H and O–H groups in total. The third-order valence-electron chi connectivity index (χ3n) is 7.96. The Morgan fingerprint density at radius 2 is 1.44 bits per heavy atom. The second kappa shape index (κ2) is 6.01. The molecule has 0 atom stereocenters. The molecule has 0 aliphatic carbocycles. The van der Waals surface area contributed by atoms with Crippen LogP contribution in [0.5, 0.6) is 0 Å². The van der Waals surface area contributed by atoms with E-state index in [1.807, 2.05) is 0 Å². The first kappa shape index (κ1) is 19.5. The molecule has 0 saturated carbocycles. The van der Waals surface area contributed by atoms with Crippen LogP contribution in [0.3, 0.4) is 0 Å². The summed E-state index contributed by atoms with van der Waals surface area (Å²) < 4.78 is 4.92. The van der Waals surface area contributed by atoms with Gasteiger partial charge in [0.2, 0.25) is 5.52 Å². The van der Waals surface area contributed by atoms with E-state index in [4.69, 9.17) is 0 Å². The summed E-state index contributed by atoms with van der Waals surface area (Å²) in [5, 5.41) is 6.87. The first-order valence-corrected chi connectivity index (χ1v) is 11.6. The summed E-state index contributed by atoms with van der Waals surface area (Å²) in [7, 11) is 2.20. The number of pyridine rings is 2. The van der Waals surface area contributed by atoms with Crippen LogP contribution >= 0.6 is 0 Å². The van der Waals surface area contributed by atoms with Gasteiger partial charge in [-0.05, 0) is 78.4 Å². The lowest BCUT2D eigenvalue weighted by atomic mass is 9.82. The van der Waals surface area contributed by atoms with Gasteiger partial charge in [-0.2, -0.15) is 0 Å². The molecule has 0 aliphatic heterocycles. The van der Waals surface area contributed by atoms with Gasteiger partial charge >= 0.3 is 0 Å². The van der Waals surface area contributed by atoms with Crippen molar-refractivity contribution in [3.63, 3.8) is 0 Å². The molecule has 2 heteroatoms. The predicted molar refractivity (Wildman–Crippen MR) is 137 cm³/mol. The third-order valence-corrected chi connectivity index (χ3v) is 7.96. The highest BCUT2D eigenvalue weighted by Crippen LogP contribution is 2.46. The Bertz CT molecular complexity index is 1740. The highest BCUT2D eigenvalue weighted by atomic mass is 15.0. The molecule has 6 aromatic rings. The van der Waals surface area contributed by atoms with Crippen LogP contribution in [0.25, 0.3) is 49.0 Å². The van der Waals surface area contributed by atoms with Gasteiger partial charge in [0.1, 0.15) is 7.05 Å². The highest BCUT2D eigenvalue weighted by molar-refractivity contribution is 6.28. The summed E-state index contributed by atoms with van der Waals surface area (Å²) in [6, 6.07) is 13.7. The van der Waals surface area contributed by atoms with Crippen molar-refractivity contribution in [2.75, 3.05) is 0 Å². The number of hydrogen-bond acceptors (Lipinski definition) is 0. The molecule has 0 fully saturated rings. The number of aromatic nitrogens is 2. The molecule has 0 unspecified atom stereocenters. The van der Waals surface area contributed by atoms with Crippen molar-refractivity contribution in [2.45, 2.75) is 53.9 Å². The molecule has 3 aromatic carbocycles. The van der Waals surface area contributed by atoms with Crippen molar-refractivity contribution in [2.24, 2.45) is 7.05 Å². The number of rotatable bonds is 0. The van der Waals surface area contributed by atoms with Crippen molar-refractivity contribution in [1.82, 2.24) is 4.40 Å². The van der Waals surface area contributed by atoms with E-state index in [1.165, 1.54) is 76.8 Å². The van der Waals surface area contributed by atoms with Crippen LogP contribution < -0.4 is 4.57 Å². The van der Waals surface area contributed by atoms with Gasteiger partial charge < -0.3 is 4.40 Å². The lowest BCUT2D eigenvalue weighted by molar-refractivity contribution is -0.643. The zero-order valence-corrected chi connectivity index (χ0v) is 20.4. The summed E-state index contributed by atoms with van der Waals surface area (Å²) in [5.74, 6) is 0. The van der Waals surface area contributed by atoms with Gasteiger partial charge in [-0.15, -0.1) is 0 Å². The second-order valence-corrected chi connectivity index (χ2v) is 10.7. The van der Waals surface area contributed by atoms with Gasteiger partial charge in [-0.25, -0.2) is 4.57 Å². The van der Waals surface area contributed by atoms with Gasteiger partial charge in [0.05, 0.1) is 27.3 Å². The summed E-state index contributed by atoms with van der Waals surface area (Å²) in [5.41, 5.74) is 12.4. The molecular formula is C30H31N2+. The molecule has 0 aliphatic rings. The van der Waals surface area contributed by atoms with Crippen molar-refractivity contribution < 1.29 is 4.57 Å². The van der Waals surface area contributed by atoms with Crippen LogP contribution in [-0.2, 0) is 12.5 Å². The molecule has 0 radical (unpaired) electrons. The highest BCUT2D eigenvalue weighted by Gasteiger charge is 2.29. The smallest absolute Gasteiger partial charge is 0.224 e. The normalized spacial score (nSPS) is 13.0. The number of fused-ring (bicyclic) bond motifs is 6. The summed E-state index contributed by atoms with van der Waals surface area (Å²) >= 11 is 0. The van der Waals surface area contributed by atoms with Crippen molar-refractivity contribution in [3.05, 3.63) is 70.4 Å². The fourth-order valence-corrected chi connectivity index (χ4v) is 6.00. The Morgan fingerprint density at radius 3 is 2.16 bits per heavy atom. The molecule has 0 bridgehead atoms. The maximum Gasteiger partial charge on any atom is 0.224 e. The summed E-state index contributed by atoms with van der Waals surface area (Å²) in [6.07, 6.45) is 2.24. The number of nitrogens with zero attached hydrogens (tertiary/aromatic N) is 2. The summed E-state index contributed by atoms with van der Waals surface area (Å²) in [6.45, 7) is 16.2. The maximum atomic E-state index is 2.58. The van der Waals surface area contributed by atoms with E-state index < -0.39 is 0 Å². The largest absolute Gasteiger partial charge is 0.307 e. The van der Waals surface area contributed by atoms with Crippen LogP contribution in [0.1, 0.15) is 48.6 Å². The van der Waals surface area contributed by atoms with Crippen molar-refractivity contribution in [1.29, 1.82) is 0 Å². The third kappa shape index (κ3) is 2.18. The van der Waals surface area contributed by atoms with Crippen LogP contribution in [-0.4, -0.2) is 4.40 Å². The quantitative estimate of drug-likeness (QED) is 0.138. The molecule has 32 heavy (non-hydrogen) atoms. The van der Waals surface area contributed by atoms with Crippen LogP contribution in [0.4, 0.5) is 0 Å². The fourth-order valence-electron chi connectivity index (χ4n) is 6.00. The van der Waals surface area contributed by atoms with Crippen molar-refractivity contribution in [3.8, 4) is 0 Å². The van der Waals surface area contributed by atoms with E-state index in [0.717, 1.165) is 0 Å². The molecule has 3 heterocycles. The Hall–Kier alpha value is -3.13. The standard InChI is InChI=1S/C30H31N2/c1-16-17(2)19(4)27-24(18(16)3)28-25-20(13-14-31(28)8)15-22(30(5,6)7)26-21-11-9-10-12-23(21)32(27)29(25)26/h9-15H,1-8H3/q+1. The Labute approximate surface area is 189 Å². The topological polar surface area (TPSA) is 8.29 Å². The van der Waals surface area contributed by atoms with Crippen LogP contribution in [0, 0.1) is 27.7 Å². The zero-order valence-electron chi connectivity index (χ0n) is 20.4. The van der Waals surface area contributed by atoms with Crippen LogP contribution in [0.15, 0.2) is 42.6 Å². The average Bonchev–Trinajstić information content (AvgIpc) is 3.10. The molecule has 0 saturated heterocycles. The maximum absolute atomic E-state index is 2.58. The van der Waals surface area contributed by atoms with Gasteiger partial charge in [-0.3, -0.25) is 0 Å². The van der Waals surface area contributed by atoms with E-state index in [9.17, 15) is 0 Å². The van der Waals surface area contributed by atoms with Gasteiger partial charge in [0.25, 0.3) is 0 Å². The van der Waals surface area contributed by atoms with E-state index in [0.29, 0.717) is 0 Å². The van der Waals surface area contributed by atoms with Gasteiger partial charge in [-0.1, -0.05) is 39.0 Å². The molecule has 3 aromatic heterocycles. The summed E-state index contributed by atoms with van der Waals surface area (Å²) in [4.78, 5) is 0. The van der Waals surface area contributed by atoms with E-state index >= 15 is 0 Å². The monoisotopic (exact) mass is 419 g/mol. The van der Waals surface area contributed by atoms with Gasteiger partial charge in [0.15, 0.2) is 6.20 Å². The fraction of sp³-hybridized carbons (Fsp3) is 0.300. The predicted octanol–water partition coefficient (Wildman–Crippen LogP) is 7.35. The molecule has 6 rings (SSSR count).